The number of hydrogen-bond acceptors (Lipinski definition) is 3. The van der Waals surface area contributed by atoms with Gasteiger partial charge in [0, 0.05) is 25.2 Å². The van der Waals surface area contributed by atoms with Gasteiger partial charge in [0.1, 0.15) is 0 Å². The van der Waals surface area contributed by atoms with E-state index in [1.54, 1.807) is 0 Å². The molecule has 0 saturated carbocycles. The molecule has 3 nitrogen and oxygen atoms in total. The van der Waals surface area contributed by atoms with Gasteiger partial charge in [0.15, 0.2) is 0 Å². The Balaban J connectivity index is 1.80. The van der Waals surface area contributed by atoms with Gasteiger partial charge in [0.05, 0.1) is 6.10 Å². The summed E-state index contributed by atoms with van der Waals surface area (Å²) in [6, 6.07) is 1.45. The van der Waals surface area contributed by atoms with Crippen molar-refractivity contribution in [2.75, 3.05) is 19.6 Å². The quantitative estimate of drug-likeness (QED) is 0.507. The highest BCUT2D eigenvalue weighted by molar-refractivity contribution is 5.03. The van der Waals surface area contributed by atoms with Crippen molar-refractivity contribution in [2.45, 2.75) is 31.0 Å². The summed E-state index contributed by atoms with van der Waals surface area (Å²) in [5.41, 5.74) is 0. The molecule has 3 saturated heterocycles. The van der Waals surface area contributed by atoms with Crippen LogP contribution < -0.4 is 5.32 Å². The Kier molecular flexibility index (Phi) is 1.48. The zero-order valence-corrected chi connectivity index (χ0v) is 7.24. The van der Waals surface area contributed by atoms with Gasteiger partial charge in [-0.2, -0.15) is 0 Å². The monoisotopic (exact) mass is 168 g/mol. The van der Waals surface area contributed by atoms with Crippen LogP contribution in [0.5, 0.6) is 0 Å². The second-order valence-corrected chi connectivity index (χ2v) is 4.46. The lowest BCUT2D eigenvalue weighted by atomic mass is 10.00. The van der Waals surface area contributed by atoms with Crippen molar-refractivity contribution in [2.24, 2.45) is 5.92 Å². The molecule has 4 atom stereocenters. The molecular weight excluding hydrogens is 152 g/mol. The van der Waals surface area contributed by atoms with E-state index in [-0.39, 0.29) is 6.10 Å². The second-order valence-electron chi connectivity index (χ2n) is 4.46. The van der Waals surface area contributed by atoms with Crippen LogP contribution in [0.1, 0.15) is 12.8 Å². The Morgan fingerprint density at radius 2 is 2.17 bits per heavy atom. The van der Waals surface area contributed by atoms with Crippen molar-refractivity contribution in [1.82, 2.24) is 10.2 Å². The number of hydrogen-bond donors (Lipinski definition) is 2. The van der Waals surface area contributed by atoms with E-state index in [0.717, 1.165) is 31.5 Å². The summed E-state index contributed by atoms with van der Waals surface area (Å²) in [6.07, 6.45) is 2.29. The Morgan fingerprint density at radius 3 is 3.08 bits per heavy atom. The lowest BCUT2D eigenvalue weighted by Gasteiger charge is -2.21. The van der Waals surface area contributed by atoms with Gasteiger partial charge in [0.2, 0.25) is 0 Å². The van der Waals surface area contributed by atoms with Crippen LogP contribution in [0.15, 0.2) is 0 Å². The van der Waals surface area contributed by atoms with Gasteiger partial charge >= 0.3 is 0 Å². The Hall–Kier alpha value is -0.120. The number of rotatable bonds is 0. The van der Waals surface area contributed by atoms with Gasteiger partial charge in [-0.05, 0) is 25.3 Å². The molecule has 3 heterocycles. The molecule has 2 N–H and O–H groups in total. The maximum Gasteiger partial charge on any atom is 0.0682 e. The minimum Gasteiger partial charge on any atom is -0.392 e. The van der Waals surface area contributed by atoms with Gasteiger partial charge < -0.3 is 10.4 Å². The van der Waals surface area contributed by atoms with Crippen molar-refractivity contribution in [3.8, 4) is 0 Å². The smallest absolute Gasteiger partial charge is 0.0682 e. The van der Waals surface area contributed by atoms with E-state index >= 15 is 0 Å². The van der Waals surface area contributed by atoms with E-state index in [1.807, 2.05) is 0 Å². The van der Waals surface area contributed by atoms with Crippen molar-refractivity contribution >= 4 is 0 Å². The van der Waals surface area contributed by atoms with Gasteiger partial charge in [-0.15, -0.1) is 0 Å². The van der Waals surface area contributed by atoms with E-state index in [2.05, 4.69) is 10.2 Å². The van der Waals surface area contributed by atoms with E-state index in [0.29, 0.717) is 6.04 Å². The number of fused-ring (bicyclic) bond motifs is 3. The third-order valence-electron chi connectivity index (χ3n) is 3.74. The minimum atomic E-state index is -0.0449. The number of aliphatic hydroxyl groups excluding tert-OH is 1. The normalized spacial score (nSPS) is 52.8. The molecule has 3 rings (SSSR count). The largest absolute Gasteiger partial charge is 0.392 e. The maximum absolute atomic E-state index is 9.49. The van der Waals surface area contributed by atoms with Crippen LogP contribution in [0.2, 0.25) is 0 Å². The summed E-state index contributed by atoms with van der Waals surface area (Å²) in [4.78, 5) is 2.52. The van der Waals surface area contributed by atoms with Crippen LogP contribution in [0.25, 0.3) is 0 Å². The summed E-state index contributed by atoms with van der Waals surface area (Å²) in [7, 11) is 0. The lowest BCUT2D eigenvalue weighted by Crippen LogP contribution is -2.36. The zero-order chi connectivity index (χ0) is 8.13. The van der Waals surface area contributed by atoms with E-state index in [1.165, 1.54) is 13.0 Å². The molecule has 3 fully saturated rings. The fourth-order valence-corrected chi connectivity index (χ4v) is 3.25. The second kappa shape index (κ2) is 2.44. The van der Waals surface area contributed by atoms with Crippen LogP contribution in [0.4, 0.5) is 0 Å². The predicted octanol–water partition coefficient (Wildman–Crippen LogP) is -0.587. The average Bonchev–Trinajstić information content (AvgIpc) is 2.59. The first-order chi connectivity index (χ1) is 5.84. The molecule has 0 amide bonds. The Morgan fingerprint density at radius 1 is 1.25 bits per heavy atom. The topological polar surface area (TPSA) is 35.5 Å². The Labute approximate surface area is 72.7 Å². The van der Waals surface area contributed by atoms with Crippen LogP contribution >= 0.6 is 0 Å². The molecule has 0 spiro atoms. The highest BCUT2D eigenvalue weighted by atomic mass is 16.3. The highest BCUT2D eigenvalue weighted by Gasteiger charge is 2.47. The summed E-state index contributed by atoms with van der Waals surface area (Å²) < 4.78 is 0. The molecule has 68 valence electrons. The van der Waals surface area contributed by atoms with Crippen molar-refractivity contribution in [3.05, 3.63) is 0 Å². The molecule has 0 aromatic carbocycles. The van der Waals surface area contributed by atoms with Crippen molar-refractivity contribution < 1.29 is 5.11 Å². The zero-order valence-electron chi connectivity index (χ0n) is 7.24. The molecule has 3 heteroatoms. The van der Waals surface area contributed by atoms with E-state index in [4.69, 9.17) is 0 Å². The SMILES string of the molecule is OC1CC2CC3CNCC3N2C1. The van der Waals surface area contributed by atoms with Gasteiger partial charge in [-0.25, -0.2) is 0 Å². The van der Waals surface area contributed by atoms with Crippen molar-refractivity contribution in [3.63, 3.8) is 0 Å². The maximum atomic E-state index is 9.49. The van der Waals surface area contributed by atoms with E-state index < -0.39 is 0 Å². The average molecular weight is 168 g/mol. The molecule has 0 bridgehead atoms. The summed E-state index contributed by atoms with van der Waals surface area (Å²) in [6.45, 7) is 3.27. The first-order valence-corrected chi connectivity index (χ1v) is 4.99. The third kappa shape index (κ3) is 0.873. The Bertz CT molecular complexity index is 197. The molecule has 0 aromatic heterocycles. The van der Waals surface area contributed by atoms with Gasteiger partial charge in [0.25, 0.3) is 0 Å². The number of nitrogens with zero attached hydrogens (tertiary/aromatic N) is 1. The van der Waals surface area contributed by atoms with Crippen molar-refractivity contribution in [1.29, 1.82) is 0 Å². The molecule has 4 unspecified atom stereocenters. The molecule has 0 aromatic rings. The van der Waals surface area contributed by atoms with Crippen LogP contribution in [0, 0.1) is 5.92 Å². The molecular formula is C9H16N2O. The van der Waals surface area contributed by atoms with Crippen LogP contribution in [-0.2, 0) is 0 Å². The predicted molar refractivity (Wildman–Crippen MR) is 45.9 cm³/mol. The highest BCUT2D eigenvalue weighted by Crippen LogP contribution is 2.38. The molecule has 12 heavy (non-hydrogen) atoms. The lowest BCUT2D eigenvalue weighted by molar-refractivity contribution is 0.161. The summed E-state index contributed by atoms with van der Waals surface area (Å²) in [5.74, 6) is 0.877. The molecule has 0 radical (unpaired) electrons. The fourth-order valence-electron chi connectivity index (χ4n) is 3.25. The standard InChI is InChI=1S/C9H16N2O/c12-8-2-7-1-6-3-10-4-9(6)11(7)5-8/h6-10,12H,1-5H2. The fraction of sp³-hybridized carbons (Fsp3) is 1.00. The number of nitrogens with one attached hydrogen (secondary N) is 1. The van der Waals surface area contributed by atoms with Crippen LogP contribution in [0.3, 0.4) is 0 Å². The first kappa shape index (κ1) is 7.30. The minimum absolute atomic E-state index is 0.0449. The first-order valence-electron chi connectivity index (χ1n) is 4.99. The third-order valence-corrected chi connectivity index (χ3v) is 3.74. The molecule has 3 aliphatic heterocycles. The summed E-state index contributed by atoms with van der Waals surface area (Å²) >= 11 is 0. The van der Waals surface area contributed by atoms with Crippen LogP contribution in [-0.4, -0.2) is 47.8 Å². The molecule has 0 aliphatic carbocycles. The molecule has 3 aliphatic rings. The summed E-state index contributed by atoms with van der Waals surface area (Å²) in [5, 5.41) is 12.9. The van der Waals surface area contributed by atoms with Gasteiger partial charge in [-0.3, -0.25) is 4.90 Å². The van der Waals surface area contributed by atoms with E-state index in [9.17, 15) is 5.11 Å². The number of aliphatic hydroxyl groups is 1. The van der Waals surface area contributed by atoms with Gasteiger partial charge in [-0.1, -0.05) is 0 Å².